The number of nitrogens with zero attached hydrogens (tertiary/aromatic N) is 3. The standard InChI is InChI=1S/C18H25F2N5.HI/c1-4-21-18(24-12-16-22-7-8-25(16)17(19)20)23-6-5-15-10-13(2)9-14(3)11-15;/h7-11,17H,4-6,12H2,1-3H3,(H2,21,23,24);1H. The molecule has 0 aliphatic carbocycles. The van der Waals surface area contributed by atoms with Crippen LogP contribution in [0.1, 0.15) is 36.0 Å². The van der Waals surface area contributed by atoms with Crippen LogP contribution in [0.2, 0.25) is 0 Å². The maximum absolute atomic E-state index is 12.8. The molecule has 0 spiro atoms. The number of nitrogens with one attached hydrogen (secondary N) is 2. The second kappa shape index (κ2) is 11.1. The predicted octanol–water partition coefficient (Wildman–Crippen LogP) is 3.81. The molecule has 1 aromatic carbocycles. The van der Waals surface area contributed by atoms with Crippen molar-refractivity contribution in [2.24, 2.45) is 4.99 Å². The molecule has 0 bridgehead atoms. The SMILES string of the molecule is CCNC(=NCc1nccn1C(F)F)NCCc1cc(C)cc(C)c1.I. The molecule has 1 aromatic heterocycles. The molecule has 2 rings (SSSR count). The maximum Gasteiger partial charge on any atom is 0.319 e. The van der Waals surface area contributed by atoms with Crippen LogP contribution in [0.15, 0.2) is 35.6 Å². The quantitative estimate of drug-likeness (QED) is 0.363. The third-order valence-electron chi connectivity index (χ3n) is 3.67. The molecular formula is C18H26F2IN5. The van der Waals surface area contributed by atoms with Crippen LogP contribution in [0.4, 0.5) is 8.78 Å². The van der Waals surface area contributed by atoms with E-state index in [0.29, 0.717) is 19.0 Å². The lowest BCUT2D eigenvalue weighted by molar-refractivity contribution is 0.0671. The van der Waals surface area contributed by atoms with Gasteiger partial charge in [-0.3, -0.25) is 4.57 Å². The molecule has 2 N–H and O–H groups in total. The van der Waals surface area contributed by atoms with Crippen LogP contribution >= 0.6 is 24.0 Å². The van der Waals surface area contributed by atoms with Crippen molar-refractivity contribution in [2.75, 3.05) is 13.1 Å². The number of rotatable bonds is 7. The van der Waals surface area contributed by atoms with E-state index >= 15 is 0 Å². The first-order chi connectivity index (χ1) is 12.0. The first kappa shape index (κ1) is 22.3. The first-order valence-electron chi connectivity index (χ1n) is 8.38. The van der Waals surface area contributed by atoms with Gasteiger partial charge in [0, 0.05) is 25.5 Å². The minimum atomic E-state index is -2.60. The highest BCUT2D eigenvalue weighted by Crippen LogP contribution is 2.13. The lowest BCUT2D eigenvalue weighted by Crippen LogP contribution is -2.38. The van der Waals surface area contributed by atoms with Crippen LogP contribution in [-0.2, 0) is 13.0 Å². The van der Waals surface area contributed by atoms with Crippen molar-refractivity contribution in [1.82, 2.24) is 20.2 Å². The number of hydrogen-bond acceptors (Lipinski definition) is 2. The second-order valence-electron chi connectivity index (χ2n) is 5.90. The number of hydrogen-bond donors (Lipinski definition) is 2. The summed E-state index contributed by atoms with van der Waals surface area (Å²) in [7, 11) is 0. The van der Waals surface area contributed by atoms with Gasteiger partial charge in [0.2, 0.25) is 0 Å². The lowest BCUT2D eigenvalue weighted by Gasteiger charge is -2.12. The molecule has 0 saturated carbocycles. The van der Waals surface area contributed by atoms with Gasteiger partial charge in [-0.15, -0.1) is 24.0 Å². The fraction of sp³-hybridized carbons (Fsp3) is 0.444. The number of aliphatic imine (C=N–C) groups is 1. The number of aryl methyl sites for hydroxylation is 2. The van der Waals surface area contributed by atoms with Crippen molar-refractivity contribution in [2.45, 2.75) is 40.3 Å². The third-order valence-corrected chi connectivity index (χ3v) is 3.67. The van der Waals surface area contributed by atoms with Crippen LogP contribution in [0.3, 0.4) is 0 Å². The summed E-state index contributed by atoms with van der Waals surface area (Å²) in [5.74, 6) is 0.831. The van der Waals surface area contributed by atoms with Gasteiger partial charge in [-0.2, -0.15) is 8.78 Å². The second-order valence-corrected chi connectivity index (χ2v) is 5.90. The van der Waals surface area contributed by atoms with Crippen LogP contribution in [-0.4, -0.2) is 28.6 Å². The van der Waals surface area contributed by atoms with E-state index in [2.05, 4.69) is 52.7 Å². The number of guanidine groups is 1. The minimum Gasteiger partial charge on any atom is -0.357 e. The zero-order chi connectivity index (χ0) is 18.2. The highest BCUT2D eigenvalue weighted by molar-refractivity contribution is 14.0. The van der Waals surface area contributed by atoms with Crippen LogP contribution in [0, 0.1) is 13.8 Å². The van der Waals surface area contributed by atoms with Crippen molar-refractivity contribution < 1.29 is 8.78 Å². The number of aromatic nitrogens is 2. The highest BCUT2D eigenvalue weighted by atomic mass is 127. The normalized spacial score (nSPS) is 11.4. The summed E-state index contributed by atoms with van der Waals surface area (Å²) in [6, 6.07) is 6.48. The van der Waals surface area contributed by atoms with Gasteiger partial charge in [-0.1, -0.05) is 29.3 Å². The van der Waals surface area contributed by atoms with Gasteiger partial charge < -0.3 is 10.6 Å². The fourth-order valence-corrected chi connectivity index (χ4v) is 2.67. The Kier molecular flexibility index (Phi) is 9.53. The molecule has 0 radical (unpaired) electrons. The average molecular weight is 477 g/mol. The zero-order valence-corrected chi connectivity index (χ0v) is 17.6. The van der Waals surface area contributed by atoms with E-state index in [-0.39, 0.29) is 36.3 Å². The van der Waals surface area contributed by atoms with E-state index in [9.17, 15) is 8.78 Å². The molecule has 144 valence electrons. The van der Waals surface area contributed by atoms with E-state index < -0.39 is 6.55 Å². The Morgan fingerprint density at radius 2 is 1.88 bits per heavy atom. The summed E-state index contributed by atoms with van der Waals surface area (Å²) >= 11 is 0. The Morgan fingerprint density at radius 1 is 1.19 bits per heavy atom. The third kappa shape index (κ3) is 6.89. The molecular weight excluding hydrogens is 451 g/mol. The van der Waals surface area contributed by atoms with Gasteiger partial charge in [-0.05, 0) is 32.8 Å². The molecule has 0 amide bonds. The van der Waals surface area contributed by atoms with E-state index in [1.807, 2.05) is 6.92 Å². The van der Waals surface area contributed by atoms with Crippen LogP contribution < -0.4 is 10.6 Å². The topological polar surface area (TPSA) is 54.2 Å². The Balaban J connectivity index is 0.00000338. The largest absolute Gasteiger partial charge is 0.357 e. The van der Waals surface area contributed by atoms with E-state index in [1.54, 1.807) is 0 Å². The Labute approximate surface area is 170 Å². The van der Waals surface area contributed by atoms with Gasteiger partial charge in [0.25, 0.3) is 0 Å². The molecule has 8 heteroatoms. The first-order valence-corrected chi connectivity index (χ1v) is 8.38. The summed E-state index contributed by atoms with van der Waals surface area (Å²) in [6.07, 6.45) is 3.48. The molecule has 2 aromatic rings. The van der Waals surface area contributed by atoms with Gasteiger partial charge in [0.05, 0.1) is 0 Å². The van der Waals surface area contributed by atoms with E-state index in [4.69, 9.17) is 0 Å². The summed E-state index contributed by atoms with van der Waals surface area (Å²) < 4.78 is 26.5. The fourth-order valence-electron chi connectivity index (χ4n) is 2.67. The average Bonchev–Trinajstić information content (AvgIpc) is 3.00. The minimum absolute atomic E-state index is 0. The van der Waals surface area contributed by atoms with Crippen molar-refractivity contribution >= 4 is 29.9 Å². The molecule has 26 heavy (non-hydrogen) atoms. The smallest absolute Gasteiger partial charge is 0.319 e. The number of halogens is 3. The molecule has 0 aliphatic heterocycles. The van der Waals surface area contributed by atoms with Gasteiger partial charge in [-0.25, -0.2) is 9.98 Å². The number of imidazole rings is 1. The van der Waals surface area contributed by atoms with E-state index in [1.165, 1.54) is 29.1 Å². The Hall–Kier alpha value is -1.71. The summed E-state index contributed by atoms with van der Waals surface area (Å²) in [5, 5.41) is 6.35. The van der Waals surface area contributed by atoms with Gasteiger partial charge in [0.1, 0.15) is 12.4 Å². The zero-order valence-electron chi connectivity index (χ0n) is 15.3. The van der Waals surface area contributed by atoms with Gasteiger partial charge >= 0.3 is 6.55 Å². The number of benzene rings is 1. The highest BCUT2D eigenvalue weighted by Gasteiger charge is 2.10. The van der Waals surface area contributed by atoms with Gasteiger partial charge in [0.15, 0.2) is 5.96 Å². The van der Waals surface area contributed by atoms with Crippen molar-refractivity contribution in [3.8, 4) is 0 Å². The van der Waals surface area contributed by atoms with Crippen molar-refractivity contribution in [3.05, 3.63) is 53.1 Å². The van der Waals surface area contributed by atoms with Crippen LogP contribution in [0.25, 0.3) is 0 Å². The molecule has 1 heterocycles. The Morgan fingerprint density at radius 3 is 2.50 bits per heavy atom. The monoisotopic (exact) mass is 477 g/mol. The van der Waals surface area contributed by atoms with Crippen molar-refractivity contribution in [1.29, 1.82) is 0 Å². The Bertz CT molecular complexity index is 695. The van der Waals surface area contributed by atoms with Crippen LogP contribution in [0.5, 0.6) is 0 Å². The molecule has 0 fully saturated rings. The molecule has 0 unspecified atom stereocenters. The molecule has 5 nitrogen and oxygen atoms in total. The van der Waals surface area contributed by atoms with Crippen molar-refractivity contribution in [3.63, 3.8) is 0 Å². The predicted molar refractivity (Wildman–Crippen MR) is 111 cm³/mol. The summed E-state index contributed by atoms with van der Waals surface area (Å²) in [5.41, 5.74) is 3.75. The summed E-state index contributed by atoms with van der Waals surface area (Å²) in [4.78, 5) is 8.28. The molecule has 0 aliphatic rings. The maximum atomic E-state index is 12.8. The number of alkyl halides is 2. The molecule has 0 saturated heterocycles. The molecule has 0 atom stereocenters. The van der Waals surface area contributed by atoms with E-state index in [0.717, 1.165) is 11.0 Å². The summed E-state index contributed by atoms with van der Waals surface area (Å²) in [6.45, 7) is 5.02. The lowest BCUT2D eigenvalue weighted by atomic mass is 10.1.